The molecule has 0 aliphatic carbocycles. The predicted molar refractivity (Wildman–Crippen MR) is 19.2 cm³/mol. The second kappa shape index (κ2) is 3.30. The van der Waals surface area contributed by atoms with E-state index in [9.17, 15) is 9.59 Å². The molecule has 0 aliphatic heterocycles. The topological polar surface area (TPSA) is 63.6 Å². The van der Waals surface area contributed by atoms with Gasteiger partial charge in [0.2, 0.25) is 6.29 Å². The average molecular weight is 104 g/mol. The smallest absolute Gasteiger partial charge is 0.373 e. The summed E-state index contributed by atoms with van der Waals surface area (Å²) in [7, 11) is 0. The van der Waals surface area contributed by atoms with Gasteiger partial charge in [-0.05, 0) is 0 Å². The number of esters is 1. The SMILES string of the molecule is O=CC(=O)OCO. The normalized spacial score (nSPS) is 7.57. The molecule has 0 spiro atoms. The van der Waals surface area contributed by atoms with Crippen molar-refractivity contribution in [3.8, 4) is 0 Å². The van der Waals surface area contributed by atoms with Gasteiger partial charge in [-0.3, -0.25) is 4.79 Å². The lowest BCUT2D eigenvalue weighted by atomic mass is 10.8. The molecule has 0 saturated carbocycles. The number of carbonyl (C=O) groups is 2. The molecule has 40 valence electrons. The van der Waals surface area contributed by atoms with Crippen molar-refractivity contribution in [2.24, 2.45) is 0 Å². The van der Waals surface area contributed by atoms with E-state index in [1.807, 2.05) is 0 Å². The van der Waals surface area contributed by atoms with Gasteiger partial charge in [-0.15, -0.1) is 0 Å². The third-order valence-electron chi connectivity index (χ3n) is 0.303. The van der Waals surface area contributed by atoms with E-state index in [0.29, 0.717) is 0 Å². The highest BCUT2D eigenvalue weighted by molar-refractivity contribution is 6.20. The van der Waals surface area contributed by atoms with Crippen LogP contribution in [0, 0.1) is 0 Å². The monoisotopic (exact) mass is 104 g/mol. The molecule has 1 N–H and O–H groups in total. The molecule has 0 rings (SSSR count). The molecule has 0 aromatic heterocycles. The van der Waals surface area contributed by atoms with Crippen LogP contribution in [0.2, 0.25) is 0 Å². The van der Waals surface area contributed by atoms with Gasteiger partial charge in [-0.2, -0.15) is 0 Å². The molecule has 0 saturated heterocycles. The molecule has 7 heavy (non-hydrogen) atoms. The zero-order chi connectivity index (χ0) is 5.70. The molecule has 4 nitrogen and oxygen atoms in total. The fourth-order valence-electron chi connectivity index (χ4n) is 0.0976. The lowest BCUT2D eigenvalue weighted by Crippen LogP contribution is -2.05. The van der Waals surface area contributed by atoms with Crippen molar-refractivity contribution >= 4 is 12.3 Å². The van der Waals surface area contributed by atoms with Gasteiger partial charge in [0.05, 0.1) is 0 Å². The maximum absolute atomic E-state index is 9.66. The average Bonchev–Trinajstić information content (AvgIpc) is 1.68. The van der Waals surface area contributed by atoms with Crippen LogP contribution >= 0.6 is 0 Å². The van der Waals surface area contributed by atoms with Crippen molar-refractivity contribution in [3.05, 3.63) is 0 Å². The summed E-state index contributed by atoms with van der Waals surface area (Å²) in [4.78, 5) is 19.0. The van der Waals surface area contributed by atoms with Crippen molar-refractivity contribution in [2.75, 3.05) is 6.79 Å². The first-order chi connectivity index (χ1) is 3.31. The van der Waals surface area contributed by atoms with Crippen LogP contribution in [0.5, 0.6) is 0 Å². The maximum Gasteiger partial charge on any atom is 0.373 e. The van der Waals surface area contributed by atoms with Crippen LogP contribution in [0.15, 0.2) is 0 Å². The molecule has 0 atom stereocenters. The van der Waals surface area contributed by atoms with Gasteiger partial charge in [0, 0.05) is 0 Å². The van der Waals surface area contributed by atoms with Crippen LogP contribution in [0.3, 0.4) is 0 Å². The summed E-state index contributed by atoms with van der Waals surface area (Å²) < 4.78 is 3.74. The third-order valence-corrected chi connectivity index (χ3v) is 0.303. The van der Waals surface area contributed by atoms with Crippen LogP contribution in [-0.2, 0) is 14.3 Å². The van der Waals surface area contributed by atoms with E-state index in [0.717, 1.165) is 0 Å². The minimum atomic E-state index is -1.05. The van der Waals surface area contributed by atoms with Gasteiger partial charge >= 0.3 is 5.97 Å². The predicted octanol–water partition coefficient (Wildman–Crippen LogP) is -1.32. The Morgan fingerprint density at radius 1 is 1.86 bits per heavy atom. The molecule has 0 aromatic carbocycles. The summed E-state index contributed by atoms with van der Waals surface area (Å²) in [6, 6.07) is 0. The Morgan fingerprint density at radius 2 is 2.43 bits per heavy atom. The number of hydrogen-bond acceptors (Lipinski definition) is 4. The van der Waals surface area contributed by atoms with E-state index in [2.05, 4.69) is 4.74 Å². The Balaban J connectivity index is 3.17. The number of carbonyl (C=O) groups excluding carboxylic acids is 2. The van der Waals surface area contributed by atoms with Gasteiger partial charge in [-0.25, -0.2) is 4.79 Å². The first-order valence-electron chi connectivity index (χ1n) is 1.54. The Bertz CT molecular complexity index is 77.0. The second-order valence-electron chi connectivity index (χ2n) is 0.710. The molecule has 0 aromatic rings. The van der Waals surface area contributed by atoms with Crippen molar-refractivity contribution in [1.29, 1.82) is 0 Å². The molecule has 0 radical (unpaired) electrons. The highest BCUT2D eigenvalue weighted by Gasteiger charge is 1.92. The summed E-state index contributed by atoms with van der Waals surface area (Å²) in [5.41, 5.74) is 0. The molecule has 0 unspecified atom stereocenters. The standard InChI is InChI=1S/C3H4O4/c4-1-3(6)7-2-5/h1,5H,2H2. The summed E-state index contributed by atoms with van der Waals surface area (Å²) in [5.74, 6) is -1.05. The Kier molecular flexibility index (Phi) is 2.87. The lowest BCUT2D eigenvalue weighted by Gasteiger charge is -1.87. The van der Waals surface area contributed by atoms with Gasteiger partial charge in [0.25, 0.3) is 0 Å². The molecule has 0 bridgehead atoms. The van der Waals surface area contributed by atoms with E-state index in [-0.39, 0.29) is 6.29 Å². The molecule has 0 aliphatic rings. The fraction of sp³-hybridized carbons (Fsp3) is 0.333. The van der Waals surface area contributed by atoms with Crippen LogP contribution < -0.4 is 0 Å². The number of aliphatic hydroxyl groups is 1. The quantitative estimate of drug-likeness (QED) is 0.204. The second-order valence-corrected chi connectivity index (χ2v) is 0.710. The van der Waals surface area contributed by atoms with Crippen molar-refractivity contribution in [3.63, 3.8) is 0 Å². The Morgan fingerprint density at radius 3 is 2.57 bits per heavy atom. The highest BCUT2D eigenvalue weighted by atomic mass is 16.6. The van der Waals surface area contributed by atoms with Crippen LogP contribution in [0.25, 0.3) is 0 Å². The number of hydrogen-bond donors (Lipinski definition) is 1. The lowest BCUT2D eigenvalue weighted by molar-refractivity contribution is -0.155. The fourth-order valence-corrected chi connectivity index (χ4v) is 0.0976. The molecule has 4 heteroatoms. The number of rotatable bonds is 2. The van der Waals surface area contributed by atoms with Gasteiger partial charge in [-0.1, -0.05) is 0 Å². The van der Waals surface area contributed by atoms with Crippen LogP contribution in [0.4, 0.5) is 0 Å². The number of aldehydes is 1. The van der Waals surface area contributed by atoms with E-state index in [4.69, 9.17) is 5.11 Å². The summed E-state index contributed by atoms with van der Waals surface area (Å²) in [6.07, 6.45) is -0.0176. The third kappa shape index (κ3) is 2.92. The molecule has 0 fully saturated rings. The first-order valence-corrected chi connectivity index (χ1v) is 1.54. The van der Waals surface area contributed by atoms with E-state index >= 15 is 0 Å². The van der Waals surface area contributed by atoms with Crippen LogP contribution in [-0.4, -0.2) is 24.2 Å². The van der Waals surface area contributed by atoms with E-state index in [1.165, 1.54) is 0 Å². The zero-order valence-electron chi connectivity index (χ0n) is 3.46. The van der Waals surface area contributed by atoms with E-state index in [1.54, 1.807) is 0 Å². The molecule has 0 amide bonds. The zero-order valence-corrected chi connectivity index (χ0v) is 3.46. The van der Waals surface area contributed by atoms with Crippen molar-refractivity contribution < 1.29 is 19.4 Å². The summed E-state index contributed by atoms with van der Waals surface area (Å²) in [6.45, 7) is -0.739. The number of ether oxygens (including phenoxy) is 1. The minimum Gasteiger partial charge on any atom is -0.433 e. The Hall–Kier alpha value is -0.900. The number of aliphatic hydroxyl groups excluding tert-OH is 1. The van der Waals surface area contributed by atoms with Gasteiger partial charge in [0.1, 0.15) is 0 Å². The Labute approximate surface area is 39.7 Å². The van der Waals surface area contributed by atoms with Crippen molar-refractivity contribution in [2.45, 2.75) is 0 Å². The van der Waals surface area contributed by atoms with Gasteiger partial charge < -0.3 is 9.84 Å². The largest absolute Gasteiger partial charge is 0.433 e. The first kappa shape index (κ1) is 6.10. The summed E-state index contributed by atoms with van der Waals surface area (Å²) in [5, 5.41) is 7.77. The summed E-state index contributed by atoms with van der Waals surface area (Å²) >= 11 is 0. The molecular weight excluding hydrogens is 100 g/mol. The van der Waals surface area contributed by atoms with Crippen LogP contribution in [0.1, 0.15) is 0 Å². The molecular formula is C3H4O4. The van der Waals surface area contributed by atoms with E-state index < -0.39 is 12.8 Å². The highest BCUT2D eigenvalue weighted by Crippen LogP contribution is 1.65. The van der Waals surface area contributed by atoms with Gasteiger partial charge in [0.15, 0.2) is 6.79 Å². The maximum atomic E-state index is 9.66. The van der Waals surface area contributed by atoms with Crippen molar-refractivity contribution in [1.82, 2.24) is 0 Å². The molecule has 0 heterocycles. The minimum absolute atomic E-state index is 0.0176.